The van der Waals surface area contributed by atoms with Gasteiger partial charge >= 0.3 is 0 Å². The van der Waals surface area contributed by atoms with Gasteiger partial charge in [-0.25, -0.2) is 0 Å². The molecule has 3 rings (SSSR count). The van der Waals surface area contributed by atoms with Crippen molar-refractivity contribution in [3.05, 3.63) is 65.7 Å². The lowest BCUT2D eigenvalue weighted by Crippen LogP contribution is -2.18. The molecular formula is C18H18O3. The standard InChI is InChI=1S/C18H18O3/c1-21-16-10-6-5-9-13(16)18-15(20)11-14(19)17(18)12-7-3-2-4-8-12/h2-10,15,17-18,20H,11H2,1H3/t15-,17-,18-/m0/s1. The van der Waals surface area contributed by atoms with E-state index >= 15 is 0 Å². The number of para-hydroxylation sites is 1. The van der Waals surface area contributed by atoms with Gasteiger partial charge in [0.2, 0.25) is 0 Å². The Morgan fingerprint density at radius 3 is 2.43 bits per heavy atom. The fraction of sp³-hybridized carbons (Fsp3) is 0.278. The van der Waals surface area contributed by atoms with Crippen LogP contribution >= 0.6 is 0 Å². The molecule has 1 aliphatic carbocycles. The highest BCUT2D eigenvalue weighted by molar-refractivity contribution is 5.90. The number of aliphatic hydroxyl groups excluding tert-OH is 1. The molecule has 108 valence electrons. The van der Waals surface area contributed by atoms with Crippen LogP contribution < -0.4 is 4.74 Å². The Bertz CT molecular complexity index is 636. The summed E-state index contributed by atoms with van der Waals surface area (Å²) in [6, 6.07) is 17.3. The molecule has 3 nitrogen and oxygen atoms in total. The maximum atomic E-state index is 12.4. The molecule has 3 atom stereocenters. The number of Topliss-reactive ketones (excluding diaryl/α,β-unsaturated/α-hetero) is 1. The van der Waals surface area contributed by atoms with Crippen LogP contribution in [-0.4, -0.2) is 24.1 Å². The Labute approximate surface area is 124 Å². The van der Waals surface area contributed by atoms with E-state index in [-0.39, 0.29) is 24.0 Å². The first kappa shape index (κ1) is 13.8. The summed E-state index contributed by atoms with van der Waals surface area (Å²) in [6.45, 7) is 0. The molecule has 1 aliphatic rings. The van der Waals surface area contributed by atoms with E-state index in [0.717, 1.165) is 16.9 Å². The number of methoxy groups -OCH3 is 1. The molecule has 0 heterocycles. The van der Waals surface area contributed by atoms with Crippen LogP contribution in [0.15, 0.2) is 54.6 Å². The number of rotatable bonds is 3. The average molecular weight is 282 g/mol. The third-order valence-corrected chi connectivity index (χ3v) is 4.19. The van der Waals surface area contributed by atoms with Crippen molar-refractivity contribution in [3.8, 4) is 5.75 Å². The zero-order valence-corrected chi connectivity index (χ0v) is 11.9. The van der Waals surface area contributed by atoms with Crippen molar-refractivity contribution in [2.45, 2.75) is 24.4 Å². The van der Waals surface area contributed by atoms with Crippen LogP contribution in [0.25, 0.3) is 0 Å². The van der Waals surface area contributed by atoms with Crippen molar-refractivity contribution in [1.82, 2.24) is 0 Å². The summed E-state index contributed by atoms with van der Waals surface area (Å²) in [5.41, 5.74) is 1.85. The summed E-state index contributed by atoms with van der Waals surface area (Å²) in [5, 5.41) is 10.4. The van der Waals surface area contributed by atoms with Crippen LogP contribution in [0.5, 0.6) is 5.75 Å². The Morgan fingerprint density at radius 2 is 1.71 bits per heavy atom. The molecule has 0 radical (unpaired) electrons. The highest BCUT2D eigenvalue weighted by atomic mass is 16.5. The molecule has 0 unspecified atom stereocenters. The molecule has 0 aromatic heterocycles. The van der Waals surface area contributed by atoms with Gasteiger partial charge < -0.3 is 9.84 Å². The van der Waals surface area contributed by atoms with E-state index in [1.54, 1.807) is 7.11 Å². The number of hydrogen-bond acceptors (Lipinski definition) is 3. The van der Waals surface area contributed by atoms with Crippen LogP contribution in [0.1, 0.15) is 29.4 Å². The number of carbonyl (C=O) groups excluding carboxylic acids is 1. The van der Waals surface area contributed by atoms with E-state index in [4.69, 9.17) is 4.74 Å². The van der Waals surface area contributed by atoms with E-state index in [2.05, 4.69) is 0 Å². The second kappa shape index (κ2) is 5.70. The largest absolute Gasteiger partial charge is 0.496 e. The van der Waals surface area contributed by atoms with Crippen LogP contribution in [0, 0.1) is 0 Å². The third kappa shape index (κ3) is 2.45. The quantitative estimate of drug-likeness (QED) is 0.941. The average Bonchev–Trinajstić information content (AvgIpc) is 2.82. The van der Waals surface area contributed by atoms with E-state index in [1.807, 2.05) is 54.6 Å². The maximum Gasteiger partial charge on any atom is 0.143 e. The molecule has 0 saturated heterocycles. The van der Waals surface area contributed by atoms with Crippen LogP contribution in [-0.2, 0) is 4.79 Å². The van der Waals surface area contributed by atoms with Crippen molar-refractivity contribution in [1.29, 1.82) is 0 Å². The molecule has 2 aromatic carbocycles. The van der Waals surface area contributed by atoms with Gasteiger partial charge in [-0.3, -0.25) is 4.79 Å². The highest BCUT2D eigenvalue weighted by Gasteiger charge is 2.44. The lowest BCUT2D eigenvalue weighted by molar-refractivity contribution is -0.119. The third-order valence-electron chi connectivity index (χ3n) is 4.19. The minimum Gasteiger partial charge on any atom is -0.496 e. The van der Waals surface area contributed by atoms with Crippen molar-refractivity contribution < 1.29 is 14.6 Å². The normalized spacial score (nSPS) is 25.0. The molecule has 0 bridgehead atoms. The molecule has 0 amide bonds. The molecule has 3 heteroatoms. The first-order valence-corrected chi connectivity index (χ1v) is 7.11. The van der Waals surface area contributed by atoms with E-state index < -0.39 is 6.10 Å². The number of hydrogen-bond donors (Lipinski definition) is 1. The Balaban J connectivity index is 2.08. The minimum atomic E-state index is -0.668. The molecule has 2 aromatic rings. The predicted octanol–water partition coefficient (Wildman–Crippen LogP) is 2.90. The lowest BCUT2D eigenvalue weighted by Gasteiger charge is -2.23. The number of ketones is 1. The molecular weight excluding hydrogens is 264 g/mol. The lowest BCUT2D eigenvalue weighted by atomic mass is 9.82. The molecule has 21 heavy (non-hydrogen) atoms. The first-order valence-electron chi connectivity index (χ1n) is 7.11. The monoisotopic (exact) mass is 282 g/mol. The van der Waals surface area contributed by atoms with Gasteiger partial charge in [-0.15, -0.1) is 0 Å². The highest BCUT2D eigenvalue weighted by Crippen LogP contribution is 2.46. The molecule has 1 N–H and O–H groups in total. The second-order valence-electron chi connectivity index (χ2n) is 5.39. The Morgan fingerprint density at radius 1 is 1.05 bits per heavy atom. The number of carbonyl (C=O) groups is 1. The van der Waals surface area contributed by atoms with Crippen molar-refractivity contribution >= 4 is 5.78 Å². The zero-order chi connectivity index (χ0) is 14.8. The first-order chi connectivity index (χ1) is 10.2. The molecule has 0 spiro atoms. The van der Waals surface area contributed by atoms with Gasteiger partial charge in [-0.1, -0.05) is 48.5 Å². The fourth-order valence-electron chi connectivity index (χ4n) is 3.26. The van der Waals surface area contributed by atoms with Gasteiger partial charge in [0, 0.05) is 17.9 Å². The fourth-order valence-corrected chi connectivity index (χ4v) is 3.26. The number of benzene rings is 2. The summed E-state index contributed by atoms with van der Waals surface area (Å²) in [6.07, 6.45) is -0.471. The van der Waals surface area contributed by atoms with Crippen molar-refractivity contribution in [2.24, 2.45) is 0 Å². The zero-order valence-electron chi connectivity index (χ0n) is 11.9. The smallest absolute Gasteiger partial charge is 0.143 e. The SMILES string of the molecule is COc1ccccc1[C@@H]1[C@@H](c2ccccc2)C(=O)C[C@@H]1O. The van der Waals surface area contributed by atoms with Crippen molar-refractivity contribution in [2.75, 3.05) is 7.11 Å². The molecule has 1 saturated carbocycles. The molecule has 1 fully saturated rings. The van der Waals surface area contributed by atoms with Crippen LogP contribution in [0.3, 0.4) is 0 Å². The number of ether oxygens (including phenoxy) is 1. The minimum absolute atomic E-state index is 0.0876. The Hall–Kier alpha value is -2.13. The van der Waals surface area contributed by atoms with Gasteiger partial charge in [-0.05, 0) is 11.6 Å². The summed E-state index contributed by atoms with van der Waals surface area (Å²) >= 11 is 0. The van der Waals surface area contributed by atoms with Gasteiger partial charge in [0.1, 0.15) is 11.5 Å². The van der Waals surface area contributed by atoms with Crippen molar-refractivity contribution in [3.63, 3.8) is 0 Å². The summed E-state index contributed by atoms with van der Waals surface area (Å²) in [5.74, 6) is 0.246. The summed E-state index contributed by atoms with van der Waals surface area (Å²) < 4.78 is 5.40. The van der Waals surface area contributed by atoms with E-state index in [0.29, 0.717) is 0 Å². The predicted molar refractivity (Wildman–Crippen MR) is 80.5 cm³/mol. The van der Waals surface area contributed by atoms with Gasteiger partial charge in [0.15, 0.2) is 0 Å². The topological polar surface area (TPSA) is 46.5 Å². The van der Waals surface area contributed by atoms with Gasteiger partial charge in [0.05, 0.1) is 19.1 Å². The van der Waals surface area contributed by atoms with Gasteiger partial charge in [-0.2, -0.15) is 0 Å². The van der Waals surface area contributed by atoms with E-state index in [9.17, 15) is 9.90 Å². The van der Waals surface area contributed by atoms with Gasteiger partial charge in [0.25, 0.3) is 0 Å². The van der Waals surface area contributed by atoms with Crippen LogP contribution in [0.4, 0.5) is 0 Å². The summed E-state index contributed by atoms with van der Waals surface area (Å²) in [4.78, 5) is 12.4. The second-order valence-corrected chi connectivity index (χ2v) is 5.39. The summed E-state index contributed by atoms with van der Waals surface area (Å²) in [7, 11) is 1.61. The molecule has 0 aliphatic heterocycles. The maximum absolute atomic E-state index is 12.4. The van der Waals surface area contributed by atoms with Crippen LogP contribution in [0.2, 0.25) is 0 Å². The number of aliphatic hydroxyl groups is 1. The Kier molecular flexibility index (Phi) is 3.76. The van der Waals surface area contributed by atoms with E-state index in [1.165, 1.54) is 0 Å².